The van der Waals surface area contributed by atoms with Gasteiger partial charge in [0.1, 0.15) is 11.6 Å². The van der Waals surface area contributed by atoms with E-state index >= 15 is 0 Å². The Balaban J connectivity index is 2.04. The third-order valence-electron chi connectivity index (χ3n) is 2.88. The fraction of sp³-hybridized carbons (Fsp3) is 0.667. The third kappa shape index (κ3) is 2.92. The Morgan fingerprint density at radius 3 is 2.69 bits per heavy atom. The molecule has 1 aromatic heterocycles. The summed E-state index contributed by atoms with van der Waals surface area (Å²) in [7, 11) is 0. The summed E-state index contributed by atoms with van der Waals surface area (Å²) in [6, 6.07) is 2.04. The first-order valence-corrected chi connectivity index (χ1v) is 6.14. The van der Waals surface area contributed by atoms with Gasteiger partial charge in [-0.15, -0.1) is 0 Å². The molecule has 1 aliphatic rings. The lowest BCUT2D eigenvalue weighted by Crippen LogP contribution is -2.35. The summed E-state index contributed by atoms with van der Waals surface area (Å²) in [5.74, 6) is 1.78. The van der Waals surface area contributed by atoms with E-state index in [0.717, 1.165) is 36.8 Å². The molecule has 0 spiro atoms. The van der Waals surface area contributed by atoms with E-state index in [-0.39, 0.29) is 0 Å². The standard InChI is InChI=1S/C12H20N4/c1-3-11-9-12(14-10(2)13-11)15-16-7-5-4-6-8-16/h9H,3-8H2,1-2H3,(H,13,14,15). The Hall–Kier alpha value is -1.16. The normalized spacial score (nSPS) is 17.4. The maximum atomic E-state index is 4.41. The molecule has 1 aliphatic heterocycles. The summed E-state index contributed by atoms with van der Waals surface area (Å²) in [6.45, 7) is 6.29. The molecule has 0 saturated carbocycles. The van der Waals surface area contributed by atoms with Gasteiger partial charge in [-0.1, -0.05) is 13.3 Å². The van der Waals surface area contributed by atoms with Crippen LogP contribution in [0.1, 0.15) is 37.7 Å². The molecule has 0 aromatic carbocycles. The molecule has 0 aliphatic carbocycles. The highest BCUT2D eigenvalue weighted by atomic mass is 15.5. The van der Waals surface area contributed by atoms with Crippen molar-refractivity contribution in [3.05, 3.63) is 17.6 Å². The zero-order valence-corrected chi connectivity index (χ0v) is 10.2. The fourth-order valence-electron chi connectivity index (χ4n) is 2.04. The fourth-order valence-corrected chi connectivity index (χ4v) is 2.04. The van der Waals surface area contributed by atoms with E-state index < -0.39 is 0 Å². The number of hydrazine groups is 1. The number of rotatable bonds is 3. The summed E-state index contributed by atoms with van der Waals surface area (Å²) in [5, 5.41) is 2.25. The van der Waals surface area contributed by atoms with Gasteiger partial charge >= 0.3 is 0 Å². The minimum atomic E-state index is 0.846. The van der Waals surface area contributed by atoms with Gasteiger partial charge in [0.25, 0.3) is 0 Å². The number of nitrogens with zero attached hydrogens (tertiary/aromatic N) is 3. The van der Waals surface area contributed by atoms with E-state index in [4.69, 9.17) is 0 Å². The van der Waals surface area contributed by atoms with Gasteiger partial charge in [-0.25, -0.2) is 15.0 Å². The molecule has 2 rings (SSSR count). The highest BCUT2D eigenvalue weighted by Crippen LogP contribution is 2.12. The van der Waals surface area contributed by atoms with Crippen LogP contribution in [0.3, 0.4) is 0 Å². The van der Waals surface area contributed by atoms with Gasteiger partial charge in [-0.05, 0) is 26.2 Å². The minimum Gasteiger partial charge on any atom is -0.303 e. The Labute approximate surface area is 97.1 Å². The molecule has 0 atom stereocenters. The zero-order chi connectivity index (χ0) is 11.4. The first kappa shape index (κ1) is 11.3. The molecule has 1 N–H and O–H groups in total. The monoisotopic (exact) mass is 220 g/mol. The predicted molar refractivity (Wildman–Crippen MR) is 65.2 cm³/mol. The van der Waals surface area contributed by atoms with Crippen LogP contribution in [0.25, 0.3) is 0 Å². The van der Waals surface area contributed by atoms with Gasteiger partial charge in [0.15, 0.2) is 0 Å². The number of aromatic nitrogens is 2. The first-order chi connectivity index (χ1) is 7.78. The van der Waals surface area contributed by atoms with Crippen LogP contribution in [0.2, 0.25) is 0 Å². The summed E-state index contributed by atoms with van der Waals surface area (Å²) >= 11 is 0. The van der Waals surface area contributed by atoms with Crippen LogP contribution in [0, 0.1) is 6.92 Å². The van der Waals surface area contributed by atoms with Crippen molar-refractivity contribution >= 4 is 5.82 Å². The van der Waals surface area contributed by atoms with Crippen molar-refractivity contribution < 1.29 is 0 Å². The lowest BCUT2D eigenvalue weighted by molar-refractivity contribution is 0.272. The van der Waals surface area contributed by atoms with Gasteiger partial charge < -0.3 is 5.43 Å². The topological polar surface area (TPSA) is 41.0 Å². The summed E-state index contributed by atoms with van der Waals surface area (Å²) < 4.78 is 0. The molecular formula is C12H20N4. The molecule has 1 saturated heterocycles. The van der Waals surface area contributed by atoms with Crippen molar-refractivity contribution in [2.45, 2.75) is 39.5 Å². The Kier molecular flexibility index (Phi) is 3.72. The second kappa shape index (κ2) is 5.25. The van der Waals surface area contributed by atoms with Crippen molar-refractivity contribution in [3.8, 4) is 0 Å². The molecule has 4 heteroatoms. The number of piperidine rings is 1. The number of hydrogen-bond acceptors (Lipinski definition) is 4. The summed E-state index contributed by atoms with van der Waals surface area (Å²) in [5.41, 5.74) is 4.48. The van der Waals surface area contributed by atoms with Crippen LogP contribution in [-0.2, 0) is 6.42 Å². The van der Waals surface area contributed by atoms with Gasteiger partial charge in [0.05, 0.1) is 0 Å². The van der Waals surface area contributed by atoms with E-state index in [2.05, 4.69) is 27.3 Å². The van der Waals surface area contributed by atoms with Crippen LogP contribution >= 0.6 is 0 Å². The number of aryl methyl sites for hydroxylation is 2. The second-order valence-electron chi connectivity index (χ2n) is 4.30. The van der Waals surface area contributed by atoms with Gasteiger partial charge in [0, 0.05) is 24.8 Å². The number of anilines is 1. The maximum absolute atomic E-state index is 4.41. The van der Waals surface area contributed by atoms with Crippen LogP contribution in [0.4, 0.5) is 5.82 Å². The molecule has 16 heavy (non-hydrogen) atoms. The molecule has 1 fully saturated rings. The molecule has 88 valence electrons. The van der Waals surface area contributed by atoms with Crippen LogP contribution < -0.4 is 5.43 Å². The third-order valence-corrected chi connectivity index (χ3v) is 2.88. The second-order valence-corrected chi connectivity index (χ2v) is 4.30. The van der Waals surface area contributed by atoms with Crippen molar-refractivity contribution in [1.29, 1.82) is 0 Å². The van der Waals surface area contributed by atoms with Crippen LogP contribution in [0.15, 0.2) is 6.07 Å². The lowest BCUT2D eigenvalue weighted by atomic mass is 10.2. The van der Waals surface area contributed by atoms with E-state index in [9.17, 15) is 0 Å². The highest BCUT2D eigenvalue weighted by molar-refractivity contribution is 5.35. The Morgan fingerprint density at radius 2 is 2.00 bits per heavy atom. The number of nitrogens with one attached hydrogen (secondary N) is 1. The van der Waals surface area contributed by atoms with Crippen LogP contribution in [0.5, 0.6) is 0 Å². The predicted octanol–water partition coefficient (Wildman–Crippen LogP) is 2.16. The van der Waals surface area contributed by atoms with Gasteiger partial charge in [-0.2, -0.15) is 0 Å². The quantitative estimate of drug-likeness (QED) is 0.847. The summed E-state index contributed by atoms with van der Waals surface area (Å²) in [4.78, 5) is 8.79. The van der Waals surface area contributed by atoms with Gasteiger partial charge in [0.2, 0.25) is 0 Å². The van der Waals surface area contributed by atoms with E-state index in [1.54, 1.807) is 0 Å². The van der Waals surface area contributed by atoms with Crippen molar-refractivity contribution in [3.63, 3.8) is 0 Å². The molecule has 0 radical (unpaired) electrons. The molecule has 4 nitrogen and oxygen atoms in total. The smallest absolute Gasteiger partial charge is 0.144 e. The van der Waals surface area contributed by atoms with Crippen LogP contribution in [-0.4, -0.2) is 28.1 Å². The lowest BCUT2D eigenvalue weighted by Gasteiger charge is -2.27. The zero-order valence-electron chi connectivity index (χ0n) is 10.2. The summed E-state index contributed by atoms with van der Waals surface area (Å²) in [6.07, 6.45) is 4.86. The van der Waals surface area contributed by atoms with E-state index in [1.165, 1.54) is 19.3 Å². The average molecular weight is 220 g/mol. The minimum absolute atomic E-state index is 0.846. The number of hydrogen-bond donors (Lipinski definition) is 1. The van der Waals surface area contributed by atoms with Crippen molar-refractivity contribution in [2.24, 2.45) is 0 Å². The largest absolute Gasteiger partial charge is 0.303 e. The molecule has 1 aromatic rings. The maximum Gasteiger partial charge on any atom is 0.144 e. The Morgan fingerprint density at radius 1 is 1.25 bits per heavy atom. The van der Waals surface area contributed by atoms with E-state index in [0.29, 0.717) is 0 Å². The van der Waals surface area contributed by atoms with Crippen molar-refractivity contribution in [1.82, 2.24) is 15.0 Å². The molecule has 0 bridgehead atoms. The van der Waals surface area contributed by atoms with Crippen molar-refractivity contribution in [2.75, 3.05) is 18.5 Å². The van der Waals surface area contributed by atoms with Gasteiger partial charge in [-0.3, -0.25) is 0 Å². The highest BCUT2D eigenvalue weighted by Gasteiger charge is 2.10. The molecule has 2 heterocycles. The van der Waals surface area contributed by atoms with E-state index in [1.807, 2.05) is 13.0 Å². The Bertz CT molecular complexity index is 345. The molecule has 0 unspecified atom stereocenters. The molecule has 0 amide bonds. The first-order valence-electron chi connectivity index (χ1n) is 6.14. The average Bonchev–Trinajstić information content (AvgIpc) is 2.29. The molecular weight excluding hydrogens is 200 g/mol. The SMILES string of the molecule is CCc1cc(NN2CCCCC2)nc(C)n1.